The minimum absolute atomic E-state index is 0. The normalized spacial score (nSPS) is 15.6. The number of carbonyl (C=O) groups excluding carboxylic acids is 1. The number of hydrogen-bond acceptors (Lipinski definition) is 3. The van der Waals surface area contributed by atoms with Gasteiger partial charge in [0.15, 0.2) is 0 Å². The van der Waals surface area contributed by atoms with Crippen LogP contribution in [0, 0.1) is 5.92 Å². The first-order chi connectivity index (χ1) is 9.33. The zero-order chi connectivity index (χ0) is 13.1. The van der Waals surface area contributed by atoms with Gasteiger partial charge in [0.05, 0.1) is 17.4 Å². The van der Waals surface area contributed by atoms with Gasteiger partial charge < -0.3 is 10.6 Å². The van der Waals surface area contributed by atoms with Crippen molar-refractivity contribution < 1.29 is 4.79 Å². The molecule has 1 aliphatic heterocycles. The monoisotopic (exact) mass is 291 g/mol. The molecule has 1 fully saturated rings. The molecule has 1 amide bonds. The van der Waals surface area contributed by atoms with Crippen LogP contribution in [0.3, 0.4) is 0 Å². The van der Waals surface area contributed by atoms with Crippen molar-refractivity contribution in [3.63, 3.8) is 0 Å². The van der Waals surface area contributed by atoms with Crippen LogP contribution in [0.4, 0.5) is 5.69 Å². The second kappa shape index (κ2) is 6.68. The van der Waals surface area contributed by atoms with Gasteiger partial charge in [0.25, 0.3) is 0 Å². The van der Waals surface area contributed by atoms with Gasteiger partial charge in [-0.05, 0) is 38.1 Å². The number of nitrogens with zero attached hydrogens (tertiary/aromatic N) is 1. The molecule has 4 nitrogen and oxygen atoms in total. The largest absolute Gasteiger partial charge is 0.324 e. The molecule has 0 aliphatic carbocycles. The highest BCUT2D eigenvalue weighted by Crippen LogP contribution is 2.18. The third kappa shape index (κ3) is 3.26. The minimum atomic E-state index is 0. The van der Waals surface area contributed by atoms with Crippen LogP contribution in [0.25, 0.3) is 10.9 Å². The van der Waals surface area contributed by atoms with Gasteiger partial charge in [0.1, 0.15) is 0 Å². The van der Waals surface area contributed by atoms with E-state index in [2.05, 4.69) is 15.6 Å². The topological polar surface area (TPSA) is 54.0 Å². The summed E-state index contributed by atoms with van der Waals surface area (Å²) in [4.78, 5) is 16.5. The van der Waals surface area contributed by atoms with Gasteiger partial charge in [-0.3, -0.25) is 9.78 Å². The number of halogens is 1. The number of hydrogen-bond donors (Lipinski definition) is 2. The number of nitrogens with one attached hydrogen (secondary N) is 2. The van der Waals surface area contributed by atoms with Gasteiger partial charge in [-0.2, -0.15) is 0 Å². The summed E-state index contributed by atoms with van der Waals surface area (Å²) >= 11 is 0. The summed E-state index contributed by atoms with van der Waals surface area (Å²) < 4.78 is 0. The van der Waals surface area contributed by atoms with Crippen molar-refractivity contribution >= 4 is 34.9 Å². The molecule has 3 rings (SSSR count). The van der Waals surface area contributed by atoms with E-state index in [1.54, 1.807) is 6.20 Å². The van der Waals surface area contributed by atoms with E-state index in [4.69, 9.17) is 0 Å². The number of para-hydroxylation sites is 1. The van der Waals surface area contributed by atoms with Gasteiger partial charge >= 0.3 is 0 Å². The van der Waals surface area contributed by atoms with Gasteiger partial charge in [0.2, 0.25) is 5.91 Å². The molecule has 106 valence electrons. The summed E-state index contributed by atoms with van der Waals surface area (Å²) in [6.45, 7) is 1.85. The summed E-state index contributed by atoms with van der Waals surface area (Å²) in [5.74, 6) is 0.228. The maximum absolute atomic E-state index is 12.1. The highest BCUT2D eigenvalue weighted by atomic mass is 35.5. The fourth-order valence-electron chi connectivity index (χ4n) is 2.47. The van der Waals surface area contributed by atoms with Crippen molar-refractivity contribution in [2.75, 3.05) is 18.4 Å². The van der Waals surface area contributed by atoms with Crippen LogP contribution < -0.4 is 10.6 Å². The molecule has 0 unspecified atom stereocenters. The molecule has 1 aliphatic rings. The number of piperidine rings is 1. The van der Waals surface area contributed by atoms with Gasteiger partial charge in [-0.1, -0.05) is 18.2 Å². The summed E-state index contributed by atoms with van der Waals surface area (Å²) in [7, 11) is 0. The molecule has 2 N–H and O–H groups in total. The molecule has 2 heterocycles. The lowest BCUT2D eigenvalue weighted by molar-refractivity contribution is -0.120. The summed E-state index contributed by atoms with van der Waals surface area (Å²) in [5, 5.41) is 7.29. The Balaban J connectivity index is 0.00000147. The van der Waals surface area contributed by atoms with Crippen LogP contribution in [0.15, 0.2) is 36.5 Å². The van der Waals surface area contributed by atoms with Crippen LogP contribution in [-0.2, 0) is 4.79 Å². The lowest BCUT2D eigenvalue weighted by Crippen LogP contribution is -2.34. The number of benzene rings is 1. The third-order valence-corrected chi connectivity index (χ3v) is 3.57. The summed E-state index contributed by atoms with van der Waals surface area (Å²) in [6, 6.07) is 9.88. The molecule has 20 heavy (non-hydrogen) atoms. The predicted octanol–water partition coefficient (Wildman–Crippen LogP) is 2.59. The van der Waals surface area contributed by atoms with E-state index in [9.17, 15) is 4.79 Å². The number of pyridine rings is 1. The Hall–Kier alpha value is -1.65. The molecular formula is C15H18ClN3O. The molecule has 5 heteroatoms. The lowest BCUT2D eigenvalue weighted by atomic mass is 9.97. The fourth-order valence-corrected chi connectivity index (χ4v) is 2.47. The molecule has 1 aromatic carbocycles. The highest BCUT2D eigenvalue weighted by molar-refractivity contribution is 5.94. The zero-order valence-corrected chi connectivity index (χ0v) is 12.0. The number of carbonyl (C=O) groups is 1. The molecule has 1 saturated heterocycles. The summed E-state index contributed by atoms with van der Waals surface area (Å²) in [5.41, 5.74) is 1.73. The Morgan fingerprint density at radius 1 is 1.25 bits per heavy atom. The van der Waals surface area contributed by atoms with E-state index >= 15 is 0 Å². The minimum Gasteiger partial charge on any atom is -0.324 e. The fraction of sp³-hybridized carbons (Fsp3) is 0.333. The number of amides is 1. The standard InChI is InChI=1S/C15H17N3O.ClH/c19-15(11-5-7-16-8-6-11)18-13-9-12-3-1-2-4-14(12)17-10-13;/h1-4,9-11,16H,5-8H2,(H,18,19);1H. The van der Waals surface area contributed by atoms with Crippen molar-refractivity contribution in [3.8, 4) is 0 Å². The maximum atomic E-state index is 12.1. The van der Waals surface area contributed by atoms with Crippen LogP contribution in [-0.4, -0.2) is 24.0 Å². The van der Waals surface area contributed by atoms with E-state index in [-0.39, 0.29) is 24.2 Å². The van der Waals surface area contributed by atoms with E-state index in [1.807, 2.05) is 30.3 Å². The van der Waals surface area contributed by atoms with E-state index in [0.717, 1.165) is 42.5 Å². The Morgan fingerprint density at radius 2 is 2.00 bits per heavy atom. The smallest absolute Gasteiger partial charge is 0.227 e. The van der Waals surface area contributed by atoms with Gasteiger partial charge in [-0.25, -0.2) is 0 Å². The van der Waals surface area contributed by atoms with Crippen molar-refractivity contribution in [2.24, 2.45) is 5.92 Å². The van der Waals surface area contributed by atoms with E-state index < -0.39 is 0 Å². The lowest BCUT2D eigenvalue weighted by Gasteiger charge is -2.21. The predicted molar refractivity (Wildman–Crippen MR) is 83.2 cm³/mol. The van der Waals surface area contributed by atoms with Gasteiger partial charge in [0, 0.05) is 11.3 Å². The third-order valence-electron chi connectivity index (χ3n) is 3.57. The summed E-state index contributed by atoms with van der Waals surface area (Å²) in [6.07, 6.45) is 3.54. The average molecular weight is 292 g/mol. The molecule has 0 atom stereocenters. The Kier molecular flexibility index (Phi) is 4.93. The molecule has 2 aromatic rings. The van der Waals surface area contributed by atoms with Crippen molar-refractivity contribution in [3.05, 3.63) is 36.5 Å². The van der Waals surface area contributed by atoms with Crippen molar-refractivity contribution in [1.82, 2.24) is 10.3 Å². The second-order valence-electron chi connectivity index (χ2n) is 4.93. The zero-order valence-electron chi connectivity index (χ0n) is 11.1. The van der Waals surface area contributed by atoms with Crippen LogP contribution in [0.1, 0.15) is 12.8 Å². The molecule has 0 bridgehead atoms. The molecular weight excluding hydrogens is 274 g/mol. The molecule has 0 radical (unpaired) electrons. The first kappa shape index (κ1) is 14.8. The van der Waals surface area contributed by atoms with Crippen molar-refractivity contribution in [1.29, 1.82) is 0 Å². The SMILES string of the molecule is Cl.O=C(Nc1cnc2ccccc2c1)C1CCNCC1. The average Bonchev–Trinajstić information content (AvgIpc) is 2.48. The Bertz CT molecular complexity index is 596. The Labute approximate surface area is 124 Å². The highest BCUT2D eigenvalue weighted by Gasteiger charge is 2.20. The first-order valence-corrected chi connectivity index (χ1v) is 6.69. The second-order valence-corrected chi connectivity index (χ2v) is 4.93. The number of fused-ring (bicyclic) bond motifs is 1. The van der Waals surface area contributed by atoms with Crippen LogP contribution >= 0.6 is 12.4 Å². The van der Waals surface area contributed by atoms with Crippen LogP contribution in [0.5, 0.6) is 0 Å². The van der Waals surface area contributed by atoms with Crippen LogP contribution in [0.2, 0.25) is 0 Å². The van der Waals surface area contributed by atoms with Crippen molar-refractivity contribution in [2.45, 2.75) is 12.8 Å². The maximum Gasteiger partial charge on any atom is 0.227 e. The number of rotatable bonds is 2. The molecule has 0 saturated carbocycles. The molecule has 0 spiro atoms. The number of aromatic nitrogens is 1. The first-order valence-electron chi connectivity index (χ1n) is 6.69. The number of anilines is 1. The molecule has 1 aromatic heterocycles. The van der Waals surface area contributed by atoms with Gasteiger partial charge in [-0.15, -0.1) is 12.4 Å². The van der Waals surface area contributed by atoms with E-state index in [1.165, 1.54) is 0 Å². The Morgan fingerprint density at radius 3 is 2.80 bits per heavy atom. The quantitative estimate of drug-likeness (QED) is 0.894. The van der Waals surface area contributed by atoms with E-state index in [0.29, 0.717) is 0 Å².